The lowest BCUT2D eigenvalue weighted by atomic mass is 10.2. The van der Waals surface area contributed by atoms with Crippen LogP contribution in [-0.2, 0) is 6.42 Å². The van der Waals surface area contributed by atoms with Gasteiger partial charge in [-0.25, -0.2) is 0 Å². The number of hydrogen-bond acceptors (Lipinski definition) is 2. The molecule has 1 aromatic carbocycles. The average Bonchev–Trinajstić information content (AvgIpc) is 2.28. The summed E-state index contributed by atoms with van der Waals surface area (Å²) in [6.07, 6.45) is 0.973. The second-order valence-electron chi connectivity index (χ2n) is 4.50. The number of nitrogens with zero attached hydrogens (tertiary/aromatic N) is 1. The van der Waals surface area contributed by atoms with Gasteiger partial charge in [0, 0.05) is 34.6 Å². The zero-order chi connectivity index (χ0) is 12.3. The van der Waals surface area contributed by atoms with Crippen LogP contribution in [0.5, 0.6) is 0 Å². The van der Waals surface area contributed by atoms with Crippen LogP contribution in [0.2, 0.25) is 0 Å². The summed E-state index contributed by atoms with van der Waals surface area (Å²) in [7, 11) is 0. The van der Waals surface area contributed by atoms with Crippen molar-refractivity contribution in [1.29, 1.82) is 0 Å². The molecule has 1 heterocycles. The van der Waals surface area contributed by atoms with Crippen molar-refractivity contribution < 1.29 is 0 Å². The van der Waals surface area contributed by atoms with Gasteiger partial charge in [0.1, 0.15) is 0 Å². The zero-order valence-electron chi connectivity index (χ0n) is 10.2. The highest BCUT2D eigenvalue weighted by Gasteiger charge is 2.00. The van der Waals surface area contributed by atoms with E-state index in [1.807, 2.05) is 6.07 Å². The van der Waals surface area contributed by atoms with Crippen molar-refractivity contribution in [2.24, 2.45) is 0 Å². The van der Waals surface area contributed by atoms with Crippen molar-refractivity contribution >= 4 is 26.8 Å². The molecule has 2 rings (SSSR count). The van der Waals surface area contributed by atoms with Gasteiger partial charge >= 0.3 is 0 Å². The Morgan fingerprint density at radius 1 is 1.24 bits per heavy atom. The van der Waals surface area contributed by atoms with Gasteiger partial charge in [-0.3, -0.25) is 4.98 Å². The van der Waals surface area contributed by atoms with Gasteiger partial charge in [-0.05, 0) is 18.2 Å². The highest BCUT2D eigenvalue weighted by molar-refractivity contribution is 9.10. The van der Waals surface area contributed by atoms with Gasteiger partial charge in [0.25, 0.3) is 0 Å². The quantitative estimate of drug-likeness (QED) is 0.932. The number of halogens is 1. The fourth-order valence-electron chi connectivity index (χ4n) is 1.76. The molecule has 17 heavy (non-hydrogen) atoms. The van der Waals surface area contributed by atoms with Gasteiger partial charge in [0.2, 0.25) is 0 Å². The van der Waals surface area contributed by atoms with Crippen molar-refractivity contribution in [1.82, 2.24) is 10.3 Å². The van der Waals surface area contributed by atoms with Crippen LogP contribution in [0, 0.1) is 0 Å². The summed E-state index contributed by atoms with van der Waals surface area (Å²) < 4.78 is 1.08. The molecule has 0 atom stereocenters. The molecule has 90 valence electrons. The standard InChI is InChI=1S/C14H17BrN2/c1-10(2)16-8-7-13-6-4-11-3-5-12(15)9-14(11)17-13/h3-6,9-10,16H,7-8H2,1-2H3. The van der Waals surface area contributed by atoms with Crippen molar-refractivity contribution in [3.63, 3.8) is 0 Å². The van der Waals surface area contributed by atoms with Crippen LogP contribution in [0.15, 0.2) is 34.8 Å². The zero-order valence-corrected chi connectivity index (χ0v) is 11.8. The number of nitrogens with one attached hydrogen (secondary N) is 1. The number of benzene rings is 1. The summed E-state index contributed by atoms with van der Waals surface area (Å²) in [6, 6.07) is 11.0. The lowest BCUT2D eigenvalue weighted by Crippen LogP contribution is -2.25. The van der Waals surface area contributed by atoms with E-state index < -0.39 is 0 Å². The van der Waals surface area contributed by atoms with Crippen molar-refractivity contribution in [2.45, 2.75) is 26.3 Å². The van der Waals surface area contributed by atoms with E-state index >= 15 is 0 Å². The fraction of sp³-hybridized carbons (Fsp3) is 0.357. The highest BCUT2D eigenvalue weighted by atomic mass is 79.9. The molecule has 2 nitrogen and oxygen atoms in total. The van der Waals surface area contributed by atoms with Gasteiger partial charge in [-0.2, -0.15) is 0 Å². The molecule has 0 aliphatic rings. The van der Waals surface area contributed by atoms with Crippen LogP contribution < -0.4 is 5.32 Å². The van der Waals surface area contributed by atoms with Gasteiger partial charge in [0.15, 0.2) is 0 Å². The second kappa shape index (κ2) is 5.61. The Hall–Kier alpha value is -0.930. The maximum Gasteiger partial charge on any atom is 0.0716 e. The first-order chi connectivity index (χ1) is 8.15. The number of fused-ring (bicyclic) bond motifs is 1. The van der Waals surface area contributed by atoms with E-state index in [2.05, 4.69) is 64.3 Å². The van der Waals surface area contributed by atoms with E-state index in [0.717, 1.165) is 28.6 Å². The minimum Gasteiger partial charge on any atom is -0.314 e. The molecule has 2 aromatic rings. The molecule has 0 fully saturated rings. The lowest BCUT2D eigenvalue weighted by Gasteiger charge is -2.08. The average molecular weight is 293 g/mol. The minimum absolute atomic E-state index is 0.532. The fourth-order valence-corrected chi connectivity index (χ4v) is 2.11. The van der Waals surface area contributed by atoms with E-state index in [9.17, 15) is 0 Å². The van der Waals surface area contributed by atoms with E-state index in [1.54, 1.807) is 0 Å². The third-order valence-corrected chi connectivity index (χ3v) is 3.14. The number of hydrogen-bond donors (Lipinski definition) is 1. The largest absolute Gasteiger partial charge is 0.314 e. The van der Waals surface area contributed by atoms with Gasteiger partial charge in [-0.15, -0.1) is 0 Å². The highest BCUT2D eigenvalue weighted by Crippen LogP contribution is 2.18. The van der Waals surface area contributed by atoms with Gasteiger partial charge in [-0.1, -0.05) is 41.9 Å². The summed E-state index contributed by atoms with van der Waals surface area (Å²) in [5, 5.41) is 4.59. The van der Waals surface area contributed by atoms with Crippen LogP contribution in [0.25, 0.3) is 10.9 Å². The molecule has 0 unspecified atom stereocenters. The predicted octanol–water partition coefficient (Wildman–Crippen LogP) is 3.54. The SMILES string of the molecule is CC(C)NCCc1ccc2ccc(Br)cc2n1. The Morgan fingerprint density at radius 3 is 2.76 bits per heavy atom. The molecule has 1 N–H and O–H groups in total. The monoisotopic (exact) mass is 292 g/mol. The molecule has 0 radical (unpaired) electrons. The summed E-state index contributed by atoms with van der Waals surface area (Å²) in [4.78, 5) is 4.66. The number of pyridine rings is 1. The summed E-state index contributed by atoms with van der Waals surface area (Å²) in [6.45, 7) is 5.29. The van der Waals surface area contributed by atoms with Crippen molar-refractivity contribution in [2.75, 3.05) is 6.54 Å². The minimum atomic E-state index is 0.532. The molecule has 0 aliphatic carbocycles. The van der Waals surface area contributed by atoms with Gasteiger partial charge < -0.3 is 5.32 Å². The van der Waals surface area contributed by atoms with Crippen LogP contribution in [0.3, 0.4) is 0 Å². The summed E-state index contributed by atoms with van der Waals surface area (Å²) in [5.41, 5.74) is 2.20. The van der Waals surface area contributed by atoms with E-state index in [0.29, 0.717) is 6.04 Å². The Kier molecular flexibility index (Phi) is 4.13. The lowest BCUT2D eigenvalue weighted by molar-refractivity contribution is 0.587. The molecule has 1 aromatic heterocycles. The molecule has 0 aliphatic heterocycles. The molecule has 0 bridgehead atoms. The van der Waals surface area contributed by atoms with Crippen LogP contribution in [-0.4, -0.2) is 17.6 Å². The topological polar surface area (TPSA) is 24.9 Å². The first-order valence-electron chi connectivity index (χ1n) is 5.94. The summed E-state index contributed by atoms with van der Waals surface area (Å²) >= 11 is 3.48. The Balaban J connectivity index is 2.13. The van der Waals surface area contributed by atoms with Crippen molar-refractivity contribution in [3.8, 4) is 0 Å². The maximum absolute atomic E-state index is 4.66. The van der Waals surface area contributed by atoms with E-state index in [4.69, 9.17) is 0 Å². The molecular weight excluding hydrogens is 276 g/mol. The molecular formula is C14H17BrN2. The third-order valence-electron chi connectivity index (χ3n) is 2.65. The first-order valence-corrected chi connectivity index (χ1v) is 6.73. The van der Waals surface area contributed by atoms with Crippen LogP contribution >= 0.6 is 15.9 Å². The summed E-state index contributed by atoms with van der Waals surface area (Å²) in [5.74, 6) is 0. The molecule has 0 saturated heterocycles. The first kappa shape index (κ1) is 12.5. The molecule has 0 spiro atoms. The van der Waals surface area contributed by atoms with Gasteiger partial charge in [0.05, 0.1) is 5.52 Å². The number of aromatic nitrogens is 1. The maximum atomic E-state index is 4.66. The number of rotatable bonds is 4. The van der Waals surface area contributed by atoms with E-state index in [1.165, 1.54) is 5.39 Å². The normalized spacial score (nSPS) is 11.3. The molecule has 0 saturated carbocycles. The van der Waals surface area contributed by atoms with E-state index in [-0.39, 0.29) is 0 Å². The second-order valence-corrected chi connectivity index (χ2v) is 5.41. The Bertz CT molecular complexity index is 509. The molecule has 3 heteroatoms. The Labute approximate surface area is 111 Å². The van der Waals surface area contributed by atoms with Crippen LogP contribution in [0.1, 0.15) is 19.5 Å². The van der Waals surface area contributed by atoms with Crippen molar-refractivity contribution in [3.05, 3.63) is 40.5 Å². The Morgan fingerprint density at radius 2 is 2.00 bits per heavy atom. The van der Waals surface area contributed by atoms with Crippen LogP contribution in [0.4, 0.5) is 0 Å². The smallest absolute Gasteiger partial charge is 0.0716 e. The predicted molar refractivity (Wildman–Crippen MR) is 76.3 cm³/mol. The molecule has 0 amide bonds. The third kappa shape index (κ3) is 3.51.